The van der Waals surface area contributed by atoms with Crippen LogP contribution in [0.3, 0.4) is 0 Å². The fraction of sp³-hybridized carbons (Fsp3) is 0.316. The van der Waals surface area contributed by atoms with Crippen molar-refractivity contribution in [1.82, 2.24) is 0 Å². The predicted molar refractivity (Wildman–Crippen MR) is 112 cm³/mol. The molecule has 36 heavy (non-hydrogen) atoms. The first-order valence-electron chi connectivity index (χ1n) is 9.14. The molecule has 0 aliphatic heterocycles. The van der Waals surface area contributed by atoms with Gasteiger partial charge in [0.2, 0.25) is 0 Å². The number of halogens is 13. The van der Waals surface area contributed by atoms with E-state index in [9.17, 15) is 53.1 Å². The lowest BCUT2D eigenvalue weighted by atomic mass is 10.2. The van der Waals surface area contributed by atoms with E-state index in [2.05, 4.69) is 5.32 Å². The number of amides is 1. The third kappa shape index (κ3) is 4.70. The quantitative estimate of drug-likeness (QED) is 0.317. The minimum atomic E-state index is -7.31. The maximum absolute atomic E-state index is 15.1. The Bertz CT molecular complexity index is 1100. The summed E-state index contributed by atoms with van der Waals surface area (Å²) in [5.41, 5.74) is -1.37. The normalized spacial score (nSPS) is 16.2. The van der Waals surface area contributed by atoms with Gasteiger partial charge in [-0.3, -0.25) is 4.79 Å². The van der Waals surface area contributed by atoms with E-state index in [1.165, 1.54) is 34.0 Å². The largest absolute Gasteiger partial charge is 0.463 e. The summed E-state index contributed by atoms with van der Waals surface area (Å²) in [5, 5.41) is -9.77. The molecule has 0 heterocycles. The number of rotatable bonds is 6. The molecule has 1 unspecified atom stereocenters. The zero-order chi connectivity index (χ0) is 28.0. The molecule has 0 bridgehead atoms. The van der Waals surface area contributed by atoms with Crippen molar-refractivity contribution in [3.8, 4) is 0 Å². The molecule has 0 fully saturated rings. The number of hydrogen-bond acceptors (Lipinski definition) is 2. The van der Waals surface area contributed by atoms with Crippen molar-refractivity contribution < 1.29 is 57.5 Å². The van der Waals surface area contributed by atoms with Gasteiger partial charge in [-0.25, -0.2) is 4.39 Å². The molecule has 1 amide bonds. The summed E-state index contributed by atoms with van der Waals surface area (Å²) >= 11 is 1.30. The molecule has 2 aromatic carbocycles. The number of nitrogens with one attached hydrogen (secondary N) is 2. The summed E-state index contributed by atoms with van der Waals surface area (Å²) in [6, 6.07) is 6.73. The Kier molecular flexibility index (Phi) is 7.93. The molecule has 0 aliphatic carbocycles. The van der Waals surface area contributed by atoms with Gasteiger partial charge in [0.15, 0.2) is 0 Å². The smallest absolute Gasteiger partial charge is 0.388 e. The minimum absolute atomic E-state index is 0.00910. The topological polar surface area (TPSA) is 41.1 Å². The van der Waals surface area contributed by atoms with Crippen LogP contribution in [-0.2, 0) is 0 Å². The fourth-order valence-electron chi connectivity index (χ4n) is 2.93. The highest BCUT2D eigenvalue weighted by Crippen LogP contribution is 2.88. The van der Waals surface area contributed by atoms with Crippen molar-refractivity contribution >= 4 is 40.6 Å². The van der Waals surface area contributed by atoms with Crippen LogP contribution in [0.15, 0.2) is 53.4 Å². The fourth-order valence-corrected chi connectivity index (χ4v) is 8.01. The van der Waals surface area contributed by atoms with Gasteiger partial charge in [-0.15, -0.1) is 0 Å². The first-order valence-corrected chi connectivity index (χ1v) is 12.6. The zero-order valence-electron chi connectivity index (χ0n) is 17.3. The van der Waals surface area contributed by atoms with Crippen LogP contribution in [0.1, 0.15) is 10.4 Å². The molecule has 0 saturated heterocycles. The number of carbonyl (C=O) groups excluding carboxylic acids is 1. The highest BCUT2D eigenvalue weighted by Gasteiger charge is 2.88. The number of carbonyl (C=O) groups is 1. The van der Waals surface area contributed by atoms with Gasteiger partial charge in [-0.1, -0.05) is 18.2 Å². The molecular formula is C19H13BrF12N2OS. The standard InChI is InChI=1S/C19H13BrF12N2OS/c1-33-11-6-4-5-10(9-11)14(35)34-12-7-2-3-8-13(12)36(20,19(31,32)18(28,29)30)15(21,16(22,23)24)17(25,26)27/h2-9,33H,1H3,(H,34,35). The molecule has 0 spiro atoms. The van der Waals surface area contributed by atoms with Crippen molar-refractivity contribution in [3.05, 3.63) is 54.1 Å². The lowest BCUT2D eigenvalue weighted by molar-refractivity contribution is -0.308. The minimum Gasteiger partial charge on any atom is -0.388 e. The highest BCUT2D eigenvalue weighted by molar-refractivity contribution is 9.58. The number of para-hydroxylation sites is 1. The molecule has 2 rings (SSSR count). The average Bonchev–Trinajstić information content (AvgIpc) is 2.75. The van der Waals surface area contributed by atoms with Gasteiger partial charge in [0.05, 0.1) is 5.69 Å². The van der Waals surface area contributed by atoms with Crippen molar-refractivity contribution in [2.45, 2.75) is 33.7 Å². The maximum Gasteiger partial charge on any atom is 0.463 e. The van der Waals surface area contributed by atoms with E-state index in [1.807, 2.05) is 0 Å². The van der Waals surface area contributed by atoms with Gasteiger partial charge in [-0.2, -0.15) is 48.3 Å². The molecule has 202 valence electrons. The number of anilines is 2. The molecule has 0 aromatic heterocycles. The van der Waals surface area contributed by atoms with E-state index in [0.717, 1.165) is 18.2 Å². The monoisotopic (exact) mass is 624 g/mol. The van der Waals surface area contributed by atoms with Crippen LogP contribution in [0.4, 0.5) is 64.1 Å². The van der Waals surface area contributed by atoms with E-state index >= 15 is 4.39 Å². The Morgan fingerprint density at radius 2 is 1.31 bits per heavy atom. The Labute approximate surface area is 203 Å². The van der Waals surface area contributed by atoms with Crippen LogP contribution in [0, 0.1) is 0 Å². The summed E-state index contributed by atoms with van der Waals surface area (Å²) < 4.78 is 166. The van der Waals surface area contributed by atoms with Crippen molar-refractivity contribution in [2.24, 2.45) is 0 Å². The molecule has 2 N–H and O–H groups in total. The molecule has 2 aromatic rings. The van der Waals surface area contributed by atoms with Crippen molar-refractivity contribution in [2.75, 3.05) is 17.7 Å². The lowest BCUT2D eigenvalue weighted by Gasteiger charge is -2.50. The summed E-state index contributed by atoms with van der Waals surface area (Å²) in [7, 11) is -5.75. The molecular weight excluding hydrogens is 612 g/mol. The Balaban J connectivity index is 2.90. The van der Waals surface area contributed by atoms with Crippen LogP contribution in [0.5, 0.6) is 0 Å². The van der Waals surface area contributed by atoms with Gasteiger partial charge < -0.3 is 10.6 Å². The second kappa shape index (κ2) is 9.54. The Morgan fingerprint density at radius 3 is 1.78 bits per heavy atom. The van der Waals surface area contributed by atoms with E-state index < -0.39 is 53.7 Å². The Hall–Kier alpha value is -2.30. The third-order valence-electron chi connectivity index (χ3n) is 4.65. The number of benzene rings is 2. The van der Waals surface area contributed by atoms with Crippen LogP contribution >= 0.6 is 23.3 Å². The van der Waals surface area contributed by atoms with E-state index in [1.54, 1.807) is 5.32 Å². The van der Waals surface area contributed by atoms with Gasteiger partial charge in [0, 0.05) is 23.2 Å². The van der Waals surface area contributed by atoms with Crippen LogP contribution in [0.2, 0.25) is 0 Å². The van der Waals surface area contributed by atoms with Gasteiger partial charge in [0.25, 0.3) is 5.91 Å². The molecule has 0 aliphatic rings. The summed E-state index contributed by atoms with van der Waals surface area (Å²) in [5.74, 6) is -1.31. The van der Waals surface area contributed by atoms with E-state index in [-0.39, 0.29) is 17.3 Å². The van der Waals surface area contributed by atoms with Gasteiger partial charge in [-0.05, 0) is 53.6 Å². The zero-order valence-corrected chi connectivity index (χ0v) is 19.8. The average molecular weight is 625 g/mol. The maximum atomic E-state index is 15.1. The second-order valence-corrected chi connectivity index (χ2v) is 12.4. The first-order chi connectivity index (χ1) is 16.2. The van der Waals surface area contributed by atoms with Crippen LogP contribution in [-0.4, -0.2) is 41.7 Å². The van der Waals surface area contributed by atoms with Crippen molar-refractivity contribution in [1.29, 1.82) is 0 Å². The van der Waals surface area contributed by atoms with E-state index in [4.69, 9.17) is 0 Å². The number of hydrogen-bond donors (Lipinski definition) is 2. The Morgan fingerprint density at radius 1 is 0.778 bits per heavy atom. The summed E-state index contributed by atoms with van der Waals surface area (Å²) in [6.45, 7) is 0. The molecule has 1 atom stereocenters. The van der Waals surface area contributed by atoms with Gasteiger partial charge in [0.1, 0.15) is 0 Å². The predicted octanol–water partition coefficient (Wildman–Crippen LogP) is 8.40. The van der Waals surface area contributed by atoms with Gasteiger partial charge >= 0.3 is 28.8 Å². The summed E-state index contributed by atoms with van der Waals surface area (Å²) in [6.07, 6.45) is -21.7. The highest BCUT2D eigenvalue weighted by atomic mass is 79.9. The van der Waals surface area contributed by atoms with Crippen LogP contribution < -0.4 is 10.6 Å². The molecule has 0 saturated carbocycles. The third-order valence-corrected chi connectivity index (χ3v) is 11.4. The summed E-state index contributed by atoms with van der Waals surface area (Å²) in [4.78, 5) is 10.5. The molecule has 17 heteroatoms. The lowest BCUT2D eigenvalue weighted by Crippen LogP contribution is -2.60. The first kappa shape index (κ1) is 29.9. The SMILES string of the molecule is CNc1cccc(C(=O)Nc2ccccc2S(Br)(C(F)(F)C(F)(F)F)C(F)(C(F)(F)F)C(F)(F)F)c1. The van der Waals surface area contributed by atoms with Crippen molar-refractivity contribution in [3.63, 3.8) is 0 Å². The van der Waals surface area contributed by atoms with E-state index in [0.29, 0.717) is 12.1 Å². The molecule has 0 radical (unpaired) electrons. The van der Waals surface area contributed by atoms with Crippen LogP contribution in [0.25, 0.3) is 0 Å². The molecule has 3 nitrogen and oxygen atoms in total. The second-order valence-electron chi connectivity index (χ2n) is 6.92. The number of alkyl halides is 12.